The molecule has 10 rings (SSSR count). The number of carbonyl (C=O) groups is 5. The lowest BCUT2D eigenvalue weighted by atomic mass is 9.93. The van der Waals surface area contributed by atoms with Gasteiger partial charge in [-0.05, 0) is 109 Å². The molecule has 7 heterocycles. The van der Waals surface area contributed by atoms with Crippen molar-refractivity contribution in [1.29, 1.82) is 0 Å². The SMILES string of the molecule is CCc1cc(Nc2ncc(Br)c(Nc3ccc4nccnc4c3P(C)(C)=O)n2)c(OC)cc1N1CCC(N2CCN(C(=O)CCC3CN(c4ccc5c(c4)C(=O)N(C4CCC(=O)NC4=O)C5=O)C3)CC2)CC1. The van der Waals surface area contributed by atoms with Crippen LogP contribution in [0.5, 0.6) is 5.75 Å². The summed E-state index contributed by atoms with van der Waals surface area (Å²) in [7, 11) is -1.13. The number of rotatable bonds is 14. The zero-order valence-electron chi connectivity index (χ0n) is 40.8. The van der Waals surface area contributed by atoms with E-state index in [9.17, 15) is 28.5 Å². The summed E-state index contributed by atoms with van der Waals surface area (Å²) in [6, 6.07) is 12.6. The van der Waals surface area contributed by atoms with Gasteiger partial charge in [-0.1, -0.05) is 6.92 Å². The molecule has 1 atom stereocenters. The summed E-state index contributed by atoms with van der Waals surface area (Å²) in [6.07, 6.45) is 9.21. The lowest BCUT2D eigenvalue weighted by Gasteiger charge is -2.44. The van der Waals surface area contributed by atoms with E-state index in [2.05, 4.69) is 80.6 Å². The smallest absolute Gasteiger partial charge is 0.262 e. The molecule has 3 aromatic carbocycles. The monoisotopic (exact) mass is 1060 g/mol. The fraction of sp³-hybridized carbons (Fsp3) is 0.431. The molecule has 21 heteroatoms. The van der Waals surface area contributed by atoms with E-state index in [1.807, 2.05) is 23.1 Å². The highest BCUT2D eigenvalue weighted by molar-refractivity contribution is 9.10. The minimum Gasteiger partial charge on any atom is -0.494 e. The molecular weight excluding hydrogens is 1000 g/mol. The highest BCUT2D eigenvalue weighted by atomic mass is 79.9. The van der Waals surface area contributed by atoms with Crippen LogP contribution in [-0.2, 0) is 25.4 Å². The van der Waals surface area contributed by atoms with E-state index in [1.54, 1.807) is 51.2 Å². The van der Waals surface area contributed by atoms with Crippen LogP contribution in [0.4, 0.5) is 34.5 Å². The van der Waals surface area contributed by atoms with Gasteiger partial charge in [0.05, 0.1) is 44.9 Å². The number of hydrogen-bond donors (Lipinski definition) is 3. The first-order chi connectivity index (χ1) is 34.7. The molecule has 5 aliphatic rings. The molecule has 19 nitrogen and oxygen atoms in total. The third-order valence-electron chi connectivity index (χ3n) is 14.7. The van der Waals surface area contributed by atoms with E-state index in [0.717, 1.165) is 100 Å². The van der Waals surface area contributed by atoms with Gasteiger partial charge in [0.25, 0.3) is 11.8 Å². The van der Waals surface area contributed by atoms with Crippen LogP contribution in [-0.4, -0.2) is 149 Å². The van der Waals surface area contributed by atoms with Gasteiger partial charge in [0.2, 0.25) is 23.7 Å². The molecular formula is C51H58BrN12O7P. The van der Waals surface area contributed by atoms with E-state index >= 15 is 0 Å². The minimum absolute atomic E-state index is 0.0747. The number of fused-ring (bicyclic) bond motifs is 2. The summed E-state index contributed by atoms with van der Waals surface area (Å²) in [4.78, 5) is 92.4. The number of imide groups is 2. The van der Waals surface area contributed by atoms with Crippen LogP contribution in [0.2, 0.25) is 0 Å². The number of amides is 5. The maximum Gasteiger partial charge on any atom is 0.262 e. The molecule has 4 fully saturated rings. The molecule has 5 aromatic rings. The summed E-state index contributed by atoms with van der Waals surface area (Å²) >= 11 is 3.59. The number of ether oxygens (including phenoxy) is 1. The third-order valence-corrected chi connectivity index (χ3v) is 16.8. The number of halogens is 1. The average Bonchev–Trinajstić information content (AvgIpc) is 3.61. The number of aryl methyl sites for hydroxylation is 1. The molecule has 0 radical (unpaired) electrons. The molecule has 4 saturated heterocycles. The summed E-state index contributed by atoms with van der Waals surface area (Å²) < 4.78 is 20.1. The normalized spacial score (nSPS) is 19.2. The van der Waals surface area contributed by atoms with Crippen molar-refractivity contribution >= 4 is 103 Å². The lowest BCUT2D eigenvalue weighted by Crippen LogP contribution is -2.54. The number of hydrogen-bond acceptors (Lipinski definition) is 16. The van der Waals surface area contributed by atoms with Crippen molar-refractivity contribution in [2.24, 2.45) is 5.92 Å². The standard InChI is InChI=1S/C51H58BrN12O7P/c1-5-31-24-39(57-51-55-27-36(52)47(59-51)56-38-10-9-37-45(54-17-16-53-37)46(38)72(3,4)70)42(71-2)26-41(31)61-18-14-32(15-19-61)60-20-22-62(23-21-60)44(66)13-6-30-28-63(29-30)33-7-8-34-35(25-33)50(69)64(49(34)68)40-11-12-43(65)58-48(40)67/h7-10,16-17,24-27,30,32,40H,5-6,11-15,18-23,28-29H2,1-4H3,(H,58,65,67)(H2,55,56,57,59). The maximum atomic E-state index is 13.6. The molecule has 1 unspecified atom stereocenters. The maximum absolute atomic E-state index is 13.6. The summed E-state index contributed by atoms with van der Waals surface area (Å²) in [5, 5.41) is 9.60. The molecule has 72 heavy (non-hydrogen) atoms. The topological polar surface area (TPSA) is 216 Å². The summed E-state index contributed by atoms with van der Waals surface area (Å²) in [6.45, 7) is 12.1. The Balaban J connectivity index is 0.692. The van der Waals surface area contributed by atoms with E-state index in [4.69, 9.17) is 9.72 Å². The Hall–Kier alpha value is -6.50. The first-order valence-electron chi connectivity index (χ1n) is 24.6. The second kappa shape index (κ2) is 20.2. The predicted molar refractivity (Wildman–Crippen MR) is 279 cm³/mol. The molecule has 0 spiro atoms. The van der Waals surface area contributed by atoms with E-state index in [1.165, 1.54) is 5.56 Å². The predicted octanol–water partition coefficient (Wildman–Crippen LogP) is 5.92. The average molecular weight is 1060 g/mol. The van der Waals surface area contributed by atoms with Gasteiger partial charge < -0.3 is 34.6 Å². The zero-order chi connectivity index (χ0) is 50.4. The first-order valence-corrected chi connectivity index (χ1v) is 28.0. The molecule has 0 bridgehead atoms. The molecule has 0 aliphatic carbocycles. The number of piperidine rings is 2. The van der Waals surface area contributed by atoms with Crippen LogP contribution in [0.1, 0.15) is 71.7 Å². The summed E-state index contributed by atoms with van der Waals surface area (Å²) in [5.41, 5.74) is 6.31. The number of anilines is 6. The van der Waals surface area contributed by atoms with Crippen molar-refractivity contribution in [2.75, 3.05) is 93.2 Å². The van der Waals surface area contributed by atoms with Gasteiger partial charge in [-0.3, -0.25) is 49.1 Å². The highest BCUT2D eigenvalue weighted by Gasteiger charge is 2.45. The number of benzene rings is 3. The summed E-state index contributed by atoms with van der Waals surface area (Å²) in [5.74, 6) is -0.00178. The van der Waals surface area contributed by atoms with Crippen molar-refractivity contribution in [3.8, 4) is 5.75 Å². The van der Waals surface area contributed by atoms with Gasteiger partial charge in [-0.2, -0.15) is 4.98 Å². The van der Waals surface area contributed by atoms with Gasteiger partial charge in [-0.15, -0.1) is 0 Å². The fourth-order valence-electron chi connectivity index (χ4n) is 10.8. The van der Waals surface area contributed by atoms with Crippen LogP contribution >= 0.6 is 23.1 Å². The van der Waals surface area contributed by atoms with Crippen molar-refractivity contribution < 1.29 is 33.3 Å². The Kier molecular flexibility index (Phi) is 13.8. The highest BCUT2D eigenvalue weighted by Crippen LogP contribution is 2.42. The first kappa shape index (κ1) is 49.1. The molecule has 376 valence electrons. The largest absolute Gasteiger partial charge is 0.494 e. The number of aromatic nitrogens is 4. The van der Waals surface area contributed by atoms with E-state index in [-0.39, 0.29) is 29.9 Å². The number of nitrogens with zero attached hydrogens (tertiary/aromatic N) is 9. The Morgan fingerprint density at radius 2 is 1.61 bits per heavy atom. The number of methoxy groups -OCH3 is 1. The number of carbonyl (C=O) groups excluding carboxylic acids is 5. The van der Waals surface area contributed by atoms with Crippen molar-refractivity contribution in [3.63, 3.8) is 0 Å². The molecule has 0 saturated carbocycles. The van der Waals surface area contributed by atoms with Gasteiger partial charge in [-0.25, -0.2) is 4.98 Å². The van der Waals surface area contributed by atoms with Crippen molar-refractivity contribution in [1.82, 2.24) is 40.0 Å². The molecule has 2 aromatic heterocycles. The van der Waals surface area contributed by atoms with E-state index in [0.29, 0.717) is 62.4 Å². The van der Waals surface area contributed by atoms with Crippen LogP contribution in [0.3, 0.4) is 0 Å². The molecule has 5 amide bonds. The van der Waals surface area contributed by atoms with Gasteiger partial charge in [0.15, 0.2) is 0 Å². The second-order valence-corrected chi connectivity index (χ2v) is 23.5. The van der Waals surface area contributed by atoms with Crippen LogP contribution in [0.25, 0.3) is 11.0 Å². The van der Waals surface area contributed by atoms with Crippen LogP contribution < -0.4 is 35.8 Å². The van der Waals surface area contributed by atoms with E-state index < -0.39 is 36.8 Å². The molecule has 3 N–H and O–H groups in total. The number of piperazine rings is 1. The fourth-order valence-corrected chi connectivity index (χ4v) is 12.5. The van der Waals surface area contributed by atoms with Crippen LogP contribution in [0, 0.1) is 5.92 Å². The number of nitrogens with one attached hydrogen (secondary N) is 3. The Morgan fingerprint density at radius 3 is 2.33 bits per heavy atom. The Morgan fingerprint density at radius 1 is 0.861 bits per heavy atom. The second-order valence-electron chi connectivity index (χ2n) is 19.5. The zero-order valence-corrected chi connectivity index (χ0v) is 43.3. The van der Waals surface area contributed by atoms with Crippen LogP contribution in [0.15, 0.2) is 65.5 Å². The lowest BCUT2D eigenvalue weighted by molar-refractivity contribution is -0.136. The van der Waals surface area contributed by atoms with Gasteiger partial charge in [0, 0.05) is 107 Å². The quantitative estimate of drug-likeness (QED) is 0.0870. The van der Waals surface area contributed by atoms with Crippen molar-refractivity contribution in [2.45, 2.75) is 64.0 Å². The Labute approximate surface area is 426 Å². The minimum atomic E-state index is -2.79. The van der Waals surface area contributed by atoms with Gasteiger partial charge >= 0.3 is 0 Å². The van der Waals surface area contributed by atoms with Crippen molar-refractivity contribution in [3.05, 3.63) is 82.2 Å². The molecule has 5 aliphatic heterocycles. The van der Waals surface area contributed by atoms with Gasteiger partial charge in [0.1, 0.15) is 30.3 Å². The Bertz CT molecular complexity index is 3040. The third kappa shape index (κ3) is 9.75.